The van der Waals surface area contributed by atoms with Crippen LogP contribution in [-0.4, -0.2) is 34.3 Å². The summed E-state index contributed by atoms with van der Waals surface area (Å²) in [4.78, 5) is 33.6. The maximum Gasteiger partial charge on any atom is 0.272 e. The number of carbonyl (C=O) groups excluding carboxylic acids is 3. The summed E-state index contributed by atoms with van der Waals surface area (Å²) in [6.07, 6.45) is 0. The van der Waals surface area contributed by atoms with Crippen molar-refractivity contribution in [2.24, 2.45) is 5.73 Å². The van der Waals surface area contributed by atoms with Crippen molar-refractivity contribution in [1.29, 1.82) is 0 Å². The van der Waals surface area contributed by atoms with E-state index in [4.69, 9.17) is 10.5 Å². The van der Waals surface area contributed by atoms with E-state index in [2.05, 4.69) is 15.5 Å². The van der Waals surface area contributed by atoms with Gasteiger partial charge in [0, 0.05) is 5.56 Å². The van der Waals surface area contributed by atoms with Crippen molar-refractivity contribution in [3.8, 4) is 5.75 Å². The molecule has 2 rings (SSSR count). The Labute approximate surface area is 132 Å². The number of aromatic amines is 1. The fraction of sp³-hybridized carbons (Fsp3) is 0.200. The first-order chi connectivity index (χ1) is 11.0. The number of nitrogens with zero attached hydrogens (tertiary/aromatic N) is 1. The molecule has 0 saturated carbocycles. The molecule has 4 N–H and O–H groups in total. The molecule has 0 aliphatic heterocycles. The minimum atomic E-state index is -0.636. The van der Waals surface area contributed by atoms with Gasteiger partial charge in [0.15, 0.2) is 5.78 Å². The van der Waals surface area contributed by atoms with E-state index in [0.717, 1.165) is 0 Å². The number of hydrogen-bond donors (Lipinski definition) is 3. The van der Waals surface area contributed by atoms with Crippen LogP contribution in [0.2, 0.25) is 0 Å². The average molecular weight is 316 g/mol. The maximum absolute atomic E-state index is 11.7. The minimum absolute atomic E-state index is 0.0506. The number of ether oxygens (including phenoxy) is 1. The number of nitrogens with two attached hydrogens (primary N) is 1. The van der Waals surface area contributed by atoms with Gasteiger partial charge in [-0.25, -0.2) is 0 Å². The van der Waals surface area contributed by atoms with Gasteiger partial charge in [0.2, 0.25) is 5.91 Å². The SMILES string of the molecule is CC(=O)c1cccc(OCc2cc(C(=O)NCC(N)=O)n[nH]2)c1. The number of primary amides is 1. The van der Waals surface area contributed by atoms with Crippen LogP contribution in [0.1, 0.15) is 33.5 Å². The molecule has 120 valence electrons. The van der Waals surface area contributed by atoms with E-state index < -0.39 is 11.8 Å². The number of benzene rings is 1. The van der Waals surface area contributed by atoms with Gasteiger partial charge in [-0.15, -0.1) is 0 Å². The van der Waals surface area contributed by atoms with Crippen molar-refractivity contribution in [3.63, 3.8) is 0 Å². The molecule has 0 atom stereocenters. The third kappa shape index (κ3) is 4.67. The molecule has 2 amide bonds. The summed E-state index contributed by atoms with van der Waals surface area (Å²) in [5.41, 5.74) is 6.20. The van der Waals surface area contributed by atoms with Crippen LogP contribution in [0.15, 0.2) is 30.3 Å². The molecular formula is C15H16N4O4. The molecule has 8 nitrogen and oxygen atoms in total. The molecule has 0 saturated heterocycles. The summed E-state index contributed by atoms with van der Waals surface area (Å²) in [6, 6.07) is 8.29. The highest BCUT2D eigenvalue weighted by molar-refractivity contribution is 5.95. The van der Waals surface area contributed by atoms with Crippen LogP contribution < -0.4 is 15.8 Å². The highest BCUT2D eigenvalue weighted by Gasteiger charge is 2.11. The van der Waals surface area contributed by atoms with Crippen LogP contribution in [0.3, 0.4) is 0 Å². The Morgan fingerprint density at radius 3 is 2.78 bits per heavy atom. The fourth-order valence-corrected chi connectivity index (χ4v) is 1.78. The van der Waals surface area contributed by atoms with Crippen molar-refractivity contribution in [3.05, 3.63) is 47.3 Å². The molecule has 0 radical (unpaired) electrons. The molecule has 0 fully saturated rings. The van der Waals surface area contributed by atoms with Crippen LogP contribution >= 0.6 is 0 Å². The molecule has 0 aliphatic rings. The van der Waals surface area contributed by atoms with Gasteiger partial charge in [0.05, 0.1) is 12.2 Å². The van der Waals surface area contributed by atoms with E-state index in [-0.39, 0.29) is 24.6 Å². The van der Waals surface area contributed by atoms with Crippen molar-refractivity contribution in [2.75, 3.05) is 6.54 Å². The lowest BCUT2D eigenvalue weighted by molar-refractivity contribution is -0.117. The molecule has 0 spiro atoms. The van der Waals surface area contributed by atoms with Crippen molar-refractivity contribution in [1.82, 2.24) is 15.5 Å². The number of nitrogens with one attached hydrogen (secondary N) is 2. The smallest absolute Gasteiger partial charge is 0.272 e. The Balaban J connectivity index is 1.94. The molecule has 0 bridgehead atoms. The summed E-state index contributed by atoms with van der Waals surface area (Å²) in [5.74, 6) is -0.662. The molecule has 2 aromatic rings. The van der Waals surface area contributed by atoms with Crippen LogP contribution in [0.25, 0.3) is 0 Å². The van der Waals surface area contributed by atoms with Gasteiger partial charge in [0.1, 0.15) is 18.1 Å². The summed E-state index contributed by atoms with van der Waals surface area (Å²) in [5, 5.41) is 8.82. The Morgan fingerprint density at radius 2 is 2.09 bits per heavy atom. The summed E-state index contributed by atoms with van der Waals surface area (Å²) >= 11 is 0. The van der Waals surface area contributed by atoms with Gasteiger partial charge >= 0.3 is 0 Å². The lowest BCUT2D eigenvalue weighted by Gasteiger charge is -2.05. The van der Waals surface area contributed by atoms with Crippen LogP contribution in [0, 0.1) is 0 Å². The fourth-order valence-electron chi connectivity index (χ4n) is 1.78. The average Bonchev–Trinajstić information content (AvgIpc) is 3.00. The third-order valence-corrected chi connectivity index (χ3v) is 2.92. The van der Waals surface area contributed by atoms with Crippen molar-refractivity contribution >= 4 is 17.6 Å². The standard InChI is InChI=1S/C15H16N4O4/c1-9(20)10-3-2-4-12(5-10)23-8-11-6-13(19-18-11)15(22)17-7-14(16)21/h2-6H,7-8H2,1H3,(H2,16,21)(H,17,22)(H,18,19). The highest BCUT2D eigenvalue weighted by Crippen LogP contribution is 2.15. The minimum Gasteiger partial charge on any atom is -0.487 e. The number of Topliss-reactive ketones (excluding diaryl/α,β-unsaturated/α-hetero) is 1. The number of carbonyl (C=O) groups is 3. The number of aromatic nitrogens is 2. The van der Waals surface area contributed by atoms with Gasteiger partial charge in [-0.1, -0.05) is 12.1 Å². The predicted molar refractivity (Wildman–Crippen MR) is 80.9 cm³/mol. The molecule has 23 heavy (non-hydrogen) atoms. The zero-order valence-electron chi connectivity index (χ0n) is 12.5. The largest absolute Gasteiger partial charge is 0.487 e. The Morgan fingerprint density at radius 1 is 1.30 bits per heavy atom. The summed E-state index contributed by atoms with van der Waals surface area (Å²) in [6.45, 7) is 1.37. The van der Waals surface area contributed by atoms with Crippen molar-refractivity contribution in [2.45, 2.75) is 13.5 Å². The molecule has 0 aliphatic carbocycles. The van der Waals surface area contributed by atoms with E-state index >= 15 is 0 Å². The summed E-state index contributed by atoms with van der Waals surface area (Å²) < 4.78 is 5.54. The lowest BCUT2D eigenvalue weighted by atomic mass is 10.1. The second-order valence-corrected chi connectivity index (χ2v) is 4.80. The first-order valence-corrected chi connectivity index (χ1v) is 6.80. The van der Waals surface area contributed by atoms with Crippen LogP contribution in [-0.2, 0) is 11.4 Å². The number of hydrogen-bond acceptors (Lipinski definition) is 5. The lowest BCUT2D eigenvalue weighted by Crippen LogP contribution is -2.33. The Kier molecular flexibility index (Phi) is 5.08. The second kappa shape index (κ2) is 7.21. The maximum atomic E-state index is 11.7. The van der Waals surface area contributed by atoms with Crippen LogP contribution in [0.5, 0.6) is 5.75 Å². The van der Waals surface area contributed by atoms with E-state index in [0.29, 0.717) is 17.0 Å². The van der Waals surface area contributed by atoms with Gasteiger partial charge in [-0.05, 0) is 25.1 Å². The molecule has 1 aromatic carbocycles. The van der Waals surface area contributed by atoms with Crippen LogP contribution in [0.4, 0.5) is 0 Å². The third-order valence-electron chi connectivity index (χ3n) is 2.92. The highest BCUT2D eigenvalue weighted by atomic mass is 16.5. The molecule has 8 heteroatoms. The topological polar surface area (TPSA) is 127 Å². The van der Waals surface area contributed by atoms with Gasteiger partial charge < -0.3 is 15.8 Å². The normalized spacial score (nSPS) is 10.1. The number of ketones is 1. The zero-order chi connectivity index (χ0) is 16.8. The molecular weight excluding hydrogens is 300 g/mol. The predicted octanol–water partition coefficient (Wildman–Crippen LogP) is 0.406. The Bertz CT molecular complexity index is 739. The van der Waals surface area contributed by atoms with E-state index in [9.17, 15) is 14.4 Å². The molecule has 1 aromatic heterocycles. The van der Waals surface area contributed by atoms with E-state index in [1.807, 2.05) is 0 Å². The summed E-state index contributed by atoms with van der Waals surface area (Å²) in [7, 11) is 0. The zero-order valence-corrected chi connectivity index (χ0v) is 12.5. The quantitative estimate of drug-likeness (QED) is 0.637. The van der Waals surface area contributed by atoms with E-state index in [1.165, 1.54) is 13.0 Å². The first-order valence-electron chi connectivity index (χ1n) is 6.80. The number of H-pyrrole nitrogens is 1. The van der Waals surface area contributed by atoms with Crippen molar-refractivity contribution < 1.29 is 19.1 Å². The van der Waals surface area contributed by atoms with Gasteiger partial charge in [-0.3, -0.25) is 19.5 Å². The second-order valence-electron chi connectivity index (χ2n) is 4.80. The number of amides is 2. The first kappa shape index (κ1) is 16.2. The Hall–Kier alpha value is -3.16. The van der Waals surface area contributed by atoms with E-state index in [1.54, 1.807) is 24.3 Å². The monoisotopic (exact) mass is 316 g/mol. The molecule has 1 heterocycles. The molecule has 0 unspecified atom stereocenters. The van der Waals surface area contributed by atoms with Gasteiger partial charge in [0.25, 0.3) is 5.91 Å². The van der Waals surface area contributed by atoms with Gasteiger partial charge in [-0.2, -0.15) is 5.10 Å². The number of rotatable bonds is 7.